The van der Waals surface area contributed by atoms with E-state index in [1.54, 1.807) is 18.3 Å². The summed E-state index contributed by atoms with van der Waals surface area (Å²) in [7, 11) is 0. The van der Waals surface area contributed by atoms with Crippen LogP contribution in [0.15, 0.2) is 42.6 Å². The molecule has 0 radical (unpaired) electrons. The molecule has 42 heavy (non-hydrogen) atoms. The summed E-state index contributed by atoms with van der Waals surface area (Å²) in [6.45, 7) is 2.39. The molecule has 2 bridgehead atoms. The van der Waals surface area contributed by atoms with Crippen LogP contribution in [0.5, 0.6) is 11.8 Å². The lowest BCUT2D eigenvalue weighted by molar-refractivity contribution is 0.0772. The highest BCUT2D eigenvalue weighted by molar-refractivity contribution is 5.99. The van der Waals surface area contributed by atoms with E-state index >= 15 is 4.39 Å². The molecule has 2 N–H and O–H groups in total. The summed E-state index contributed by atoms with van der Waals surface area (Å²) in [6, 6.07) is 11.5. The molecule has 0 aliphatic carbocycles. The standard InChI is InChI=1S/C32H34F2N6O2/c33-14-22-8-10-32(9-3-11-40(22)32)18-42-31-37-29-26(30(38-31)39-16-20-6-7-21(17-39)36-20)15-35-28(27(29)34)25-13-23(41)12-19-4-1-2-5-24(19)25/h1-2,4-5,12-13,15,20-22,36,41H,3,6-11,14,16-18H2. The molecule has 0 spiro atoms. The third kappa shape index (κ3) is 4.18. The Hall–Kier alpha value is -3.63. The summed E-state index contributed by atoms with van der Waals surface area (Å²) in [5.41, 5.74) is 0.530. The zero-order valence-corrected chi connectivity index (χ0v) is 23.4. The van der Waals surface area contributed by atoms with Crippen LogP contribution in [-0.4, -0.2) is 81.5 Å². The van der Waals surface area contributed by atoms with E-state index in [0.717, 1.165) is 68.9 Å². The van der Waals surface area contributed by atoms with Crippen molar-refractivity contribution in [1.82, 2.24) is 25.2 Å². The van der Waals surface area contributed by atoms with Crippen molar-refractivity contribution in [2.75, 3.05) is 37.8 Å². The second kappa shape index (κ2) is 9.98. The zero-order valence-electron chi connectivity index (χ0n) is 23.4. The summed E-state index contributed by atoms with van der Waals surface area (Å²) in [5.74, 6) is 0.0898. The van der Waals surface area contributed by atoms with E-state index in [0.29, 0.717) is 35.5 Å². The largest absolute Gasteiger partial charge is 0.508 e. The summed E-state index contributed by atoms with van der Waals surface area (Å²) in [6.07, 6.45) is 7.49. The fourth-order valence-corrected chi connectivity index (χ4v) is 7.95. The van der Waals surface area contributed by atoms with Crippen LogP contribution in [0.4, 0.5) is 14.6 Å². The maximum absolute atomic E-state index is 16.6. The van der Waals surface area contributed by atoms with E-state index in [9.17, 15) is 9.50 Å². The highest BCUT2D eigenvalue weighted by Crippen LogP contribution is 2.43. The van der Waals surface area contributed by atoms with Crippen LogP contribution in [0, 0.1) is 5.82 Å². The molecule has 6 heterocycles. The predicted octanol–water partition coefficient (Wildman–Crippen LogP) is 4.98. The lowest BCUT2D eigenvalue weighted by Crippen LogP contribution is -2.51. The number of piperazine rings is 1. The molecule has 4 fully saturated rings. The number of anilines is 1. The van der Waals surface area contributed by atoms with Gasteiger partial charge in [0.05, 0.1) is 10.9 Å². The number of nitrogens with zero attached hydrogens (tertiary/aromatic N) is 5. The second-order valence-electron chi connectivity index (χ2n) is 12.4. The van der Waals surface area contributed by atoms with Crippen LogP contribution in [0.1, 0.15) is 38.5 Å². The van der Waals surface area contributed by atoms with Gasteiger partial charge in [-0.3, -0.25) is 9.88 Å². The Morgan fingerprint density at radius 1 is 1.05 bits per heavy atom. The van der Waals surface area contributed by atoms with Gasteiger partial charge in [0.25, 0.3) is 0 Å². The molecule has 4 unspecified atom stereocenters. The average Bonchev–Trinajstić information content (AvgIpc) is 3.68. The number of phenolic OH excluding ortho intramolecular Hbond substituents is 1. The quantitative estimate of drug-likeness (QED) is 0.335. The highest BCUT2D eigenvalue weighted by atomic mass is 19.1. The number of aromatic nitrogens is 3. The number of hydrogen-bond donors (Lipinski definition) is 2. The molecule has 2 aromatic carbocycles. The van der Waals surface area contributed by atoms with E-state index in [4.69, 9.17) is 9.72 Å². The molecule has 10 heteroatoms. The third-order valence-electron chi connectivity index (χ3n) is 9.94. The summed E-state index contributed by atoms with van der Waals surface area (Å²) >= 11 is 0. The van der Waals surface area contributed by atoms with Gasteiger partial charge in [0.15, 0.2) is 5.82 Å². The van der Waals surface area contributed by atoms with Crippen LogP contribution in [-0.2, 0) is 0 Å². The average molecular weight is 573 g/mol. The number of benzene rings is 2. The molecule has 2 aromatic heterocycles. The Balaban J connectivity index is 1.23. The molecule has 0 saturated carbocycles. The third-order valence-corrected chi connectivity index (χ3v) is 9.94. The zero-order chi connectivity index (χ0) is 28.4. The van der Waals surface area contributed by atoms with Gasteiger partial charge in [-0.15, -0.1) is 0 Å². The second-order valence-corrected chi connectivity index (χ2v) is 12.4. The van der Waals surface area contributed by atoms with Gasteiger partial charge >= 0.3 is 6.01 Å². The molecule has 218 valence electrons. The van der Waals surface area contributed by atoms with E-state index in [1.165, 1.54) is 0 Å². The van der Waals surface area contributed by atoms with E-state index in [2.05, 4.69) is 25.1 Å². The monoisotopic (exact) mass is 572 g/mol. The molecule has 4 atom stereocenters. The van der Waals surface area contributed by atoms with Gasteiger partial charge in [0.2, 0.25) is 0 Å². The topological polar surface area (TPSA) is 86.6 Å². The van der Waals surface area contributed by atoms with E-state index < -0.39 is 5.82 Å². The Kier molecular flexibility index (Phi) is 6.19. The lowest BCUT2D eigenvalue weighted by atomic mass is 9.95. The van der Waals surface area contributed by atoms with Gasteiger partial charge < -0.3 is 20.1 Å². The van der Waals surface area contributed by atoms with E-state index in [-0.39, 0.29) is 41.2 Å². The number of rotatable bonds is 6. The fraction of sp³-hybridized carbons (Fsp3) is 0.469. The Bertz CT molecular complexity index is 1670. The van der Waals surface area contributed by atoms with Crippen molar-refractivity contribution >= 4 is 27.5 Å². The first-order valence-electron chi connectivity index (χ1n) is 15.1. The maximum atomic E-state index is 16.6. The summed E-state index contributed by atoms with van der Waals surface area (Å²) in [5, 5.41) is 16.2. The normalized spacial score (nSPS) is 27.3. The number of ether oxygens (including phenoxy) is 1. The summed E-state index contributed by atoms with van der Waals surface area (Å²) < 4.78 is 36.7. The molecule has 4 aliphatic heterocycles. The molecule has 4 aliphatic rings. The first-order chi connectivity index (χ1) is 20.5. The van der Waals surface area contributed by atoms with Crippen molar-refractivity contribution < 1.29 is 18.6 Å². The Labute approximate surface area is 242 Å². The van der Waals surface area contributed by atoms with Gasteiger partial charge in [-0.1, -0.05) is 24.3 Å². The van der Waals surface area contributed by atoms with Gasteiger partial charge in [0.1, 0.15) is 36.1 Å². The predicted molar refractivity (Wildman–Crippen MR) is 157 cm³/mol. The van der Waals surface area contributed by atoms with Crippen molar-refractivity contribution in [3.8, 4) is 23.0 Å². The minimum atomic E-state index is -0.575. The molecular weight excluding hydrogens is 538 g/mol. The van der Waals surface area contributed by atoms with Crippen LogP contribution in [0.2, 0.25) is 0 Å². The van der Waals surface area contributed by atoms with Crippen molar-refractivity contribution in [1.29, 1.82) is 0 Å². The minimum absolute atomic E-state index is 0.0391. The lowest BCUT2D eigenvalue weighted by Gasteiger charge is -2.35. The molecule has 0 amide bonds. The van der Waals surface area contributed by atoms with Crippen LogP contribution >= 0.6 is 0 Å². The number of alkyl halides is 1. The molecule has 4 aromatic rings. The van der Waals surface area contributed by atoms with Crippen molar-refractivity contribution in [3.05, 3.63) is 48.4 Å². The fourth-order valence-electron chi connectivity index (χ4n) is 7.95. The maximum Gasteiger partial charge on any atom is 0.319 e. The molecule has 8 nitrogen and oxygen atoms in total. The summed E-state index contributed by atoms with van der Waals surface area (Å²) in [4.78, 5) is 18.6. The molecular formula is C32H34F2N6O2. The first-order valence-corrected chi connectivity index (χ1v) is 15.1. The number of fused-ring (bicyclic) bond motifs is 5. The number of aromatic hydroxyl groups is 1. The van der Waals surface area contributed by atoms with Crippen molar-refractivity contribution in [2.45, 2.75) is 62.2 Å². The molecule has 8 rings (SSSR count). The highest BCUT2D eigenvalue weighted by Gasteiger charge is 2.50. The smallest absolute Gasteiger partial charge is 0.319 e. The number of pyridine rings is 1. The van der Waals surface area contributed by atoms with Crippen molar-refractivity contribution in [3.63, 3.8) is 0 Å². The van der Waals surface area contributed by atoms with E-state index in [1.807, 2.05) is 24.3 Å². The van der Waals surface area contributed by atoms with Gasteiger partial charge in [-0.05, 0) is 68.0 Å². The van der Waals surface area contributed by atoms with Crippen LogP contribution in [0.25, 0.3) is 32.9 Å². The minimum Gasteiger partial charge on any atom is -0.508 e. The van der Waals surface area contributed by atoms with Gasteiger partial charge in [-0.25, -0.2) is 8.78 Å². The SMILES string of the molecule is Oc1cc(-c2ncc3c(N4CC5CCC(C4)N5)nc(OCC45CCCN4C(CF)CC5)nc3c2F)c2ccccc2c1. The number of halogens is 2. The Morgan fingerprint density at radius 3 is 2.71 bits per heavy atom. The Morgan fingerprint density at radius 2 is 1.88 bits per heavy atom. The van der Waals surface area contributed by atoms with Crippen molar-refractivity contribution in [2.24, 2.45) is 0 Å². The molecule has 4 saturated heterocycles. The van der Waals surface area contributed by atoms with Crippen LogP contribution < -0.4 is 15.0 Å². The van der Waals surface area contributed by atoms with Gasteiger partial charge in [-0.2, -0.15) is 9.97 Å². The number of nitrogens with one attached hydrogen (secondary N) is 1. The number of phenols is 1. The number of hydrogen-bond acceptors (Lipinski definition) is 8. The van der Waals surface area contributed by atoms with Gasteiger partial charge in [0, 0.05) is 43.0 Å². The van der Waals surface area contributed by atoms with Crippen LogP contribution in [0.3, 0.4) is 0 Å². The first kappa shape index (κ1) is 26.0.